The number of halogens is 4. The third kappa shape index (κ3) is 8.53. The fourth-order valence-corrected chi connectivity index (χ4v) is 6.80. The average molecular weight is 492 g/mol. The molecule has 0 bridgehead atoms. The second-order valence-electron chi connectivity index (χ2n) is 3.16. The zero-order valence-corrected chi connectivity index (χ0v) is 15.6. The van der Waals surface area contributed by atoms with Crippen molar-refractivity contribution < 1.29 is 13.9 Å². The van der Waals surface area contributed by atoms with E-state index >= 15 is 0 Å². The topological polar surface area (TPSA) is 33.1 Å². The summed E-state index contributed by atoms with van der Waals surface area (Å²) >= 11 is 0. The van der Waals surface area contributed by atoms with Gasteiger partial charge in [0.05, 0.1) is 0 Å². The van der Waals surface area contributed by atoms with Crippen LogP contribution in [0.25, 0.3) is 0 Å². The van der Waals surface area contributed by atoms with Gasteiger partial charge in [0.2, 0.25) is 0 Å². The van der Waals surface area contributed by atoms with Crippen LogP contribution >= 0.6 is 37.7 Å². The van der Waals surface area contributed by atoms with E-state index in [0.717, 1.165) is 13.2 Å². The molecule has 1 rings (SSSR count). The van der Waals surface area contributed by atoms with Crippen molar-refractivity contribution >= 4 is 41.6 Å². The molecule has 0 radical (unpaired) electrons. The van der Waals surface area contributed by atoms with Gasteiger partial charge >= 0.3 is 85.1 Å². The second kappa shape index (κ2) is 5.86. The maximum absolute atomic E-state index is 7.64. The Labute approximate surface area is 116 Å². The molecule has 0 aromatic heterocycles. The van der Waals surface area contributed by atoms with E-state index in [9.17, 15) is 0 Å². The van der Waals surface area contributed by atoms with E-state index in [0.29, 0.717) is 3.95 Å². The molecule has 0 fully saturated rings. The van der Waals surface area contributed by atoms with Crippen LogP contribution in [-0.4, -0.2) is 13.2 Å². The minimum atomic E-state index is -5.75. The van der Waals surface area contributed by atoms with Gasteiger partial charge in [-0.25, -0.2) is 0 Å². The Balaban J connectivity index is 0.000000437. The average Bonchev–Trinajstić information content (AvgIpc) is 2.18. The van der Waals surface area contributed by atoms with E-state index in [2.05, 4.69) is 0 Å². The summed E-state index contributed by atoms with van der Waals surface area (Å²) in [6.45, 7) is 5.67. The van der Waals surface area contributed by atoms with Crippen molar-refractivity contribution in [1.82, 2.24) is 0 Å². The zero-order valence-electron chi connectivity index (χ0n) is 9.63. The van der Waals surface area contributed by atoms with E-state index in [-0.39, 0.29) is 0 Å². The Bertz CT molecular complexity index is 411. The van der Waals surface area contributed by atoms with Crippen molar-refractivity contribution in [3.05, 3.63) is 30.3 Å². The molecule has 101 valence electrons. The van der Waals surface area contributed by atoms with Gasteiger partial charge in [-0.3, -0.25) is 0 Å². The zero-order chi connectivity index (χ0) is 13.6. The van der Waals surface area contributed by atoms with Crippen LogP contribution in [0.5, 0.6) is 0 Å². The third-order valence-electron chi connectivity index (χ3n) is 1.63. The Morgan fingerprint density at radius 2 is 1.41 bits per heavy atom. The Hall–Kier alpha value is 0.828. The fraction of sp³-hybridized carbons (Fsp3) is 0.400. The van der Waals surface area contributed by atoms with E-state index in [1.165, 1.54) is 0 Å². The molecule has 0 aliphatic rings. The first-order valence-corrected chi connectivity index (χ1v) is 22.4. The summed E-state index contributed by atoms with van der Waals surface area (Å²) in [6.07, 6.45) is 0. The Kier molecular flexibility index (Phi) is 6.14. The molecule has 1 aromatic carbocycles. The molecular weight excluding hydrogens is 476 g/mol. The van der Waals surface area contributed by atoms with E-state index in [1.807, 2.05) is 13.8 Å². The SMILES string of the molecule is CCOCC.[NH]=[W]([Cl])([Cl])([Cl])([Cl])[c]1ccccc1. The van der Waals surface area contributed by atoms with E-state index < -0.39 is 9.21 Å². The van der Waals surface area contributed by atoms with Crippen LogP contribution in [0.3, 0.4) is 0 Å². The molecule has 0 spiro atoms. The van der Waals surface area contributed by atoms with Crippen LogP contribution in [-0.2, 0) is 13.9 Å². The molecule has 1 aromatic rings. The summed E-state index contributed by atoms with van der Waals surface area (Å²) in [7, 11) is 17.2. The van der Waals surface area contributed by atoms with Crippen LogP contribution in [0, 0.1) is 3.91 Å². The normalized spacial score (nSPS) is 15.2. The second-order valence-corrected chi connectivity index (χ2v) is 45.6. The van der Waals surface area contributed by atoms with Crippen molar-refractivity contribution in [1.29, 1.82) is 3.91 Å². The van der Waals surface area contributed by atoms with Crippen LogP contribution in [0.1, 0.15) is 13.8 Å². The first-order chi connectivity index (χ1) is 7.51. The van der Waals surface area contributed by atoms with Gasteiger partial charge in [0.1, 0.15) is 0 Å². The van der Waals surface area contributed by atoms with Crippen LogP contribution in [0.2, 0.25) is 0 Å². The van der Waals surface area contributed by atoms with E-state index in [1.54, 1.807) is 30.3 Å². The van der Waals surface area contributed by atoms with Gasteiger partial charge in [-0.2, -0.15) is 0 Å². The monoisotopic (exact) mass is 490 g/mol. The molecule has 0 aliphatic heterocycles. The van der Waals surface area contributed by atoms with E-state index in [4.69, 9.17) is 46.3 Å². The molecule has 2 nitrogen and oxygen atoms in total. The molecule has 0 aliphatic carbocycles. The van der Waals surface area contributed by atoms with Crippen molar-refractivity contribution in [2.45, 2.75) is 13.8 Å². The van der Waals surface area contributed by atoms with Gasteiger partial charge in [0, 0.05) is 13.2 Å². The van der Waals surface area contributed by atoms with Crippen molar-refractivity contribution in [2.24, 2.45) is 0 Å². The van der Waals surface area contributed by atoms with Crippen molar-refractivity contribution in [2.75, 3.05) is 13.2 Å². The number of ether oxygens (including phenoxy) is 1. The quantitative estimate of drug-likeness (QED) is 0.637. The summed E-state index contributed by atoms with van der Waals surface area (Å²) in [6, 6.07) is 8.26. The fourth-order valence-electron chi connectivity index (χ4n) is 0.898. The predicted octanol–water partition coefficient (Wildman–Crippen LogP) is 4.96. The van der Waals surface area contributed by atoms with Crippen LogP contribution in [0.4, 0.5) is 0 Å². The molecular formula is C10H16Cl4NOW. The summed E-state index contributed by atoms with van der Waals surface area (Å²) in [5.74, 6) is 0. The Morgan fingerprint density at radius 1 is 1.00 bits per heavy atom. The number of hydrogen-bond acceptors (Lipinski definition) is 2. The molecule has 0 unspecified atom stereocenters. The number of rotatable bonds is 3. The van der Waals surface area contributed by atoms with Crippen LogP contribution < -0.4 is 3.95 Å². The molecule has 17 heavy (non-hydrogen) atoms. The summed E-state index contributed by atoms with van der Waals surface area (Å²) in [4.78, 5) is 0. The van der Waals surface area contributed by atoms with Gasteiger partial charge in [0.15, 0.2) is 0 Å². The molecule has 0 heterocycles. The van der Waals surface area contributed by atoms with Gasteiger partial charge in [-0.1, -0.05) is 0 Å². The molecule has 0 amide bonds. The minimum absolute atomic E-state index is 0.296. The third-order valence-corrected chi connectivity index (χ3v) is 11.8. The number of hydrogen-bond donors (Lipinski definition) is 1. The van der Waals surface area contributed by atoms with Crippen LogP contribution in [0.15, 0.2) is 30.3 Å². The first kappa shape index (κ1) is 17.8. The van der Waals surface area contributed by atoms with Crippen molar-refractivity contribution in [3.8, 4) is 0 Å². The maximum atomic E-state index is 7.64. The predicted molar refractivity (Wildman–Crippen MR) is 74.4 cm³/mol. The Morgan fingerprint density at radius 3 is 1.59 bits per heavy atom. The van der Waals surface area contributed by atoms with Crippen molar-refractivity contribution in [3.63, 3.8) is 0 Å². The molecule has 0 saturated heterocycles. The summed E-state index contributed by atoms with van der Waals surface area (Å²) in [5.41, 5.74) is 0. The van der Waals surface area contributed by atoms with Gasteiger partial charge < -0.3 is 4.74 Å². The standard InChI is InChI=1S/C6H5.C4H10O.4ClH.HN.W/c1-2-4-6-5-3-1;1-3-5-4-2;;;;;;/h1-5H;3-4H2,1-2H3;5*1H;/q;;;;;;;+4/p-4. The van der Waals surface area contributed by atoms with Gasteiger partial charge in [-0.15, -0.1) is 0 Å². The number of nitrogens with one attached hydrogen (secondary N) is 1. The molecule has 0 atom stereocenters. The molecule has 0 saturated carbocycles. The first-order valence-electron chi connectivity index (χ1n) is 4.93. The summed E-state index contributed by atoms with van der Waals surface area (Å²) in [5, 5.41) is 0. The molecule has 7 heteroatoms. The van der Waals surface area contributed by atoms with Gasteiger partial charge in [0.25, 0.3) is 0 Å². The van der Waals surface area contributed by atoms with Gasteiger partial charge in [-0.05, 0) is 13.8 Å². The number of benzene rings is 1. The molecule has 1 N–H and O–H groups in total. The summed E-state index contributed by atoms with van der Waals surface area (Å²) < 4.78 is 12.8.